The molecule has 6 rings (SSSR count). The highest BCUT2D eigenvalue weighted by Gasteiger charge is 2.57. The minimum Gasteiger partial charge on any atom is -0.454 e. The van der Waals surface area contributed by atoms with Gasteiger partial charge in [-0.3, -0.25) is 14.7 Å². The van der Waals surface area contributed by atoms with Crippen molar-refractivity contribution < 1.29 is 19.0 Å². The van der Waals surface area contributed by atoms with E-state index in [1.807, 2.05) is 24.4 Å². The van der Waals surface area contributed by atoms with Gasteiger partial charge < -0.3 is 19.1 Å². The number of amides is 1. The third-order valence-corrected chi connectivity index (χ3v) is 6.94. The molecule has 1 aromatic carbocycles. The predicted octanol–water partition coefficient (Wildman–Crippen LogP) is 2.42. The Morgan fingerprint density at radius 1 is 1.16 bits per heavy atom. The smallest absolute Gasteiger partial charge is 0.256 e. The van der Waals surface area contributed by atoms with Crippen molar-refractivity contribution >= 4 is 5.91 Å². The molecule has 1 aromatic heterocycles. The van der Waals surface area contributed by atoms with E-state index >= 15 is 0 Å². The van der Waals surface area contributed by atoms with Crippen LogP contribution in [0.25, 0.3) is 0 Å². The molecule has 4 heterocycles. The van der Waals surface area contributed by atoms with Gasteiger partial charge in [0, 0.05) is 51.0 Å². The van der Waals surface area contributed by atoms with Gasteiger partial charge >= 0.3 is 0 Å². The molecule has 4 aliphatic rings. The Morgan fingerprint density at radius 3 is 2.90 bits per heavy atom. The van der Waals surface area contributed by atoms with Crippen LogP contribution in [0, 0.1) is 5.92 Å². The number of fused-ring (bicyclic) bond motifs is 1. The molecule has 3 fully saturated rings. The maximum absolute atomic E-state index is 13.8. The number of aromatic nitrogens is 1. The van der Waals surface area contributed by atoms with E-state index in [0.717, 1.165) is 42.3 Å². The summed E-state index contributed by atoms with van der Waals surface area (Å²) in [6, 6.07) is 10.1. The highest BCUT2D eigenvalue weighted by atomic mass is 16.7. The average Bonchev–Trinajstić information content (AvgIpc) is 3.36. The Labute approximate surface area is 181 Å². The highest BCUT2D eigenvalue weighted by molar-refractivity contribution is 5.88. The monoisotopic (exact) mass is 421 g/mol. The number of hydrogen-bond donors (Lipinski definition) is 0. The summed E-state index contributed by atoms with van der Waals surface area (Å²) < 4.78 is 17.4. The van der Waals surface area contributed by atoms with Crippen LogP contribution in [0.2, 0.25) is 0 Å². The minimum atomic E-state index is -0.841. The van der Waals surface area contributed by atoms with Crippen LogP contribution in [0.4, 0.5) is 0 Å². The first kappa shape index (κ1) is 19.1. The van der Waals surface area contributed by atoms with Crippen LogP contribution in [-0.4, -0.2) is 65.9 Å². The fraction of sp³-hybridized carbons (Fsp3) is 0.500. The third-order valence-electron chi connectivity index (χ3n) is 6.94. The molecule has 7 nitrogen and oxygen atoms in total. The van der Waals surface area contributed by atoms with E-state index in [9.17, 15) is 4.79 Å². The Hall–Kier alpha value is -2.64. The number of pyridine rings is 1. The molecule has 2 atom stereocenters. The maximum Gasteiger partial charge on any atom is 0.256 e. The second-order valence-electron chi connectivity index (χ2n) is 9.13. The van der Waals surface area contributed by atoms with Crippen molar-refractivity contribution in [2.24, 2.45) is 5.92 Å². The lowest BCUT2D eigenvalue weighted by molar-refractivity contribution is -0.172. The van der Waals surface area contributed by atoms with Crippen molar-refractivity contribution in [3.05, 3.63) is 53.9 Å². The summed E-state index contributed by atoms with van der Waals surface area (Å²) in [6.45, 7) is 4.49. The van der Waals surface area contributed by atoms with Gasteiger partial charge in [-0.05, 0) is 48.1 Å². The van der Waals surface area contributed by atoms with E-state index in [1.165, 1.54) is 12.8 Å². The summed E-state index contributed by atoms with van der Waals surface area (Å²) in [6.07, 6.45) is 6.13. The molecular formula is C24H27N3O4. The molecule has 31 heavy (non-hydrogen) atoms. The molecule has 0 bridgehead atoms. The Bertz CT molecular complexity index is 980. The van der Waals surface area contributed by atoms with Crippen LogP contribution in [-0.2, 0) is 16.1 Å². The van der Waals surface area contributed by atoms with Gasteiger partial charge in [-0.25, -0.2) is 0 Å². The molecule has 0 N–H and O–H groups in total. The highest BCUT2D eigenvalue weighted by Crippen LogP contribution is 2.43. The van der Waals surface area contributed by atoms with Crippen molar-refractivity contribution in [3.8, 4) is 11.5 Å². The van der Waals surface area contributed by atoms with Crippen LogP contribution in [0.15, 0.2) is 42.7 Å². The van der Waals surface area contributed by atoms with Crippen molar-refractivity contribution in [1.82, 2.24) is 14.8 Å². The fourth-order valence-corrected chi connectivity index (χ4v) is 5.21. The molecule has 0 radical (unpaired) electrons. The fourth-order valence-electron chi connectivity index (χ4n) is 5.21. The first-order valence-electron chi connectivity index (χ1n) is 11.2. The van der Waals surface area contributed by atoms with Crippen LogP contribution < -0.4 is 9.47 Å². The first-order chi connectivity index (χ1) is 15.2. The summed E-state index contributed by atoms with van der Waals surface area (Å²) in [4.78, 5) is 22.5. The quantitative estimate of drug-likeness (QED) is 0.739. The number of nitrogens with zero attached hydrogens (tertiary/aromatic N) is 3. The number of ether oxygens (including phenoxy) is 3. The van der Waals surface area contributed by atoms with Crippen LogP contribution >= 0.6 is 0 Å². The summed E-state index contributed by atoms with van der Waals surface area (Å²) in [7, 11) is 0. The lowest BCUT2D eigenvalue weighted by atomic mass is 9.83. The Morgan fingerprint density at radius 2 is 2.06 bits per heavy atom. The van der Waals surface area contributed by atoms with Crippen molar-refractivity contribution in [2.75, 3.05) is 39.6 Å². The first-order valence-corrected chi connectivity index (χ1v) is 11.2. The summed E-state index contributed by atoms with van der Waals surface area (Å²) in [5, 5.41) is 0. The van der Waals surface area contributed by atoms with Crippen molar-refractivity contribution in [1.29, 1.82) is 0 Å². The van der Waals surface area contributed by atoms with Gasteiger partial charge in [0.05, 0.1) is 6.61 Å². The largest absolute Gasteiger partial charge is 0.454 e. The molecular weight excluding hydrogens is 394 g/mol. The minimum absolute atomic E-state index is 0.0373. The maximum atomic E-state index is 13.8. The van der Waals surface area contributed by atoms with Crippen LogP contribution in [0.5, 0.6) is 11.5 Å². The SMILES string of the molecule is O=C1N(CC2CC2)CCO[C@]12CN(Cc1ccc3c(c1)OCO3)C[C@@H]2c1cccnc1. The molecule has 2 saturated heterocycles. The van der Waals surface area contributed by atoms with Crippen molar-refractivity contribution in [3.63, 3.8) is 0 Å². The predicted molar refractivity (Wildman–Crippen MR) is 113 cm³/mol. The topological polar surface area (TPSA) is 64.1 Å². The van der Waals surface area contributed by atoms with Gasteiger partial charge in [0.1, 0.15) is 0 Å². The molecule has 1 saturated carbocycles. The lowest BCUT2D eigenvalue weighted by Gasteiger charge is -2.42. The molecule has 1 spiro atoms. The van der Waals surface area contributed by atoms with Gasteiger partial charge in [0.15, 0.2) is 17.1 Å². The van der Waals surface area contributed by atoms with Crippen molar-refractivity contribution in [2.45, 2.75) is 30.9 Å². The van der Waals surface area contributed by atoms with E-state index < -0.39 is 5.60 Å². The average molecular weight is 421 g/mol. The van der Waals surface area contributed by atoms with Gasteiger partial charge in [-0.2, -0.15) is 0 Å². The second kappa shape index (κ2) is 7.50. The normalized spacial score (nSPS) is 27.9. The molecule has 2 aromatic rings. The third kappa shape index (κ3) is 3.46. The van der Waals surface area contributed by atoms with Crippen LogP contribution in [0.3, 0.4) is 0 Å². The molecule has 1 aliphatic carbocycles. The number of rotatable bonds is 5. The van der Waals surface area contributed by atoms with E-state index in [4.69, 9.17) is 14.2 Å². The number of benzene rings is 1. The zero-order valence-corrected chi connectivity index (χ0v) is 17.5. The zero-order chi connectivity index (χ0) is 20.8. The summed E-state index contributed by atoms with van der Waals surface area (Å²) >= 11 is 0. The van der Waals surface area contributed by atoms with Gasteiger partial charge in [0.25, 0.3) is 5.91 Å². The number of hydrogen-bond acceptors (Lipinski definition) is 6. The standard InChI is InChI=1S/C24H27N3O4/c28-23-24(31-9-8-27(23)13-17-3-4-17)15-26(14-20(24)19-2-1-7-25-11-19)12-18-5-6-21-22(10-18)30-16-29-21/h1-2,5-7,10-11,17,20H,3-4,8-9,12-16H2/t20-,24+/m1/s1. The Kier molecular flexibility index (Phi) is 4.61. The molecule has 0 unspecified atom stereocenters. The van der Waals surface area contributed by atoms with Gasteiger partial charge in [0.2, 0.25) is 6.79 Å². The summed E-state index contributed by atoms with van der Waals surface area (Å²) in [5.74, 6) is 2.35. The molecule has 162 valence electrons. The van der Waals surface area contributed by atoms with E-state index in [0.29, 0.717) is 25.6 Å². The van der Waals surface area contributed by atoms with Gasteiger partial charge in [-0.1, -0.05) is 12.1 Å². The number of carbonyl (C=O) groups excluding carboxylic acids is 1. The summed E-state index contributed by atoms with van der Waals surface area (Å²) in [5.41, 5.74) is 1.37. The number of carbonyl (C=O) groups is 1. The lowest BCUT2D eigenvalue weighted by Crippen LogP contribution is -2.60. The van der Waals surface area contributed by atoms with Gasteiger partial charge in [-0.15, -0.1) is 0 Å². The Balaban J connectivity index is 1.29. The van der Waals surface area contributed by atoms with E-state index in [1.54, 1.807) is 6.20 Å². The van der Waals surface area contributed by atoms with E-state index in [2.05, 4.69) is 26.9 Å². The molecule has 3 aliphatic heterocycles. The number of morpholine rings is 1. The second-order valence-corrected chi connectivity index (χ2v) is 9.13. The zero-order valence-electron chi connectivity index (χ0n) is 17.5. The van der Waals surface area contributed by atoms with Crippen LogP contribution in [0.1, 0.15) is 29.9 Å². The molecule has 7 heteroatoms. The van der Waals surface area contributed by atoms with E-state index in [-0.39, 0.29) is 18.6 Å². The number of likely N-dealkylation sites (tertiary alicyclic amines) is 1. The molecule has 1 amide bonds.